The van der Waals surface area contributed by atoms with E-state index in [9.17, 15) is 19.1 Å². The fraction of sp³-hybridized carbons (Fsp3) is 0.321. The van der Waals surface area contributed by atoms with Crippen molar-refractivity contribution in [3.63, 3.8) is 0 Å². The van der Waals surface area contributed by atoms with Crippen LogP contribution in [0.15, 0.2) is 48.8 Å². The number of anilines is 1. The highest BCUT2D eigenvalue weighted by Crippen LogP contribution is 2.44. The van der Waals surface area contributed by atoms with E-state index in [1.807, 2.05) is 17.0 Å². The van der Waals surface area contributed by atoms with Crippen LogP contribution in [0.5, 0.6) is 0 Å². The van der Waals surface area contributed by atoms with Crippen LogP contribution >= 0.6 is 0 Å². The zero-order valence-corrected chi connectivity index (χ0v) is 20.8. The first-order valence-electron chi connectivity index (χ1n) is 12.7. The fourth-order valence-electron chi connectivity index (χ4n) is 6.13. The van der Waals surface area contributed by atoms with E-state index in [0.717, 1.165) is 29.5 Å². The third-order valence-corrected chi connectivity index (χ3v) is 7.82. The number of nitrogens with zero attached hydrogens (tertiary/aromatic N) is 5. The van der Waals surface area contributed by atoms with Gasteiger partial charge in [0.1, 0.15) is 18.2 Å². The Morgan fingerprint density at radius 2 is 1.74 bits per heavy atom. The molecule has 9 nitrogen and oxygen atoms in total. The lowest BCUT2D eigenvalue weighted by molar-refractivity contribution is -0.138. The van der Waals surface area contributed by atoms with E-state index in [0.29, 0.717) is 35.4 Å². The summed E-state index contributed by atoms with van der Waals surface area (Å²) in [6.07, 6.45) is 6.41. The minimum atomic E-state index is -0.499. The molecule has 3 N–H and O–H groups in total. The van der Waals surface area contributed by atoms with E-state index in [4.69, 9.17) is 10.7 Å². The number of ketones is 1. The second-order valence-corrected chi connectivity index (χ2v) is 10.1. The van der Waals surface area contributed by atoms with Crippen LogP contribution in [0.1, 0.15) is 54.6 Å². The molecule has 2 unspecified atom stereocenters. The van der Waals surface area contributed by atoms with Crippen LogP contribution in [-0.2, 0) is 4.79 Å². The van der Waals surface area contributed by atoms with Crippen LogP contribution in [0.25, 0.3) is 28.0 Å². The summed E-state index contributed by atoms with van der Waals surface area (Å²) < 4.78 is 14.8. The third kappa shape index (κ3) is 3.92. The smallest absolute Gasteiger partial charge is 0.248 e. The number of fused-ring (bicyclic) bond motifs is 3. The highest BCUT2D eigenvalue weighted by atomic mass is 19.1. The van der Waals surface area contributed by atoms with Gasteiger partial charge in [-0.05, 0) is 62.9 Å². The number of aliphatic hydroxyl groups is 1. The van der Waals surface area contributed by atoms with E-state index in [1.165, 1.54) is 23.6 Å². The highest BCUT2D eigenvalue weighted by Gasteiger charge is 2.44. The number of pyridine rings is 1. The van der Waals surface area contributed by atoms with Crippen molar-refractivity contribution >= 4 is 23.2 Å². The first-order chi connectivity index (χ1) is 18.4. The summed E-state index contributed by atoms with van der Waals surface area (Å²) in [6.45, 7) is 0.977. The molecule has 6 rings (SSSR count). The van der Waals surface area contributed by atoms with Crippen LogP contribution in [0.2, 0.25) is 0 Å². The maximum atomic E-state index is 13.3. The molecule has 0 radical (unpaired) electrons. The number of halogens is 1. The number of amides is 1. The van der Waals surface area contributed by atoms with Crippen LogP contribution in [-0.4, -0.2) is 60.0 Å². The van der Waals surface area contributed by atoms with Gasteiger partial charge in [-0.2, -0.15) is 9.61 Å². The summed E-state index contributed by atoms with van der Waals surface area (Å²) in [7, 11) is 0. The normalized spacial score (nSPS) is 20.7. The second-order valence-electron chi connectivity index (χ2n) is 10.1. The van der Waals surface area contributed by atoms with Crippen molar-refractivity contribution in [1.82, 2.24) is 24.5 Å². The number of hydrogen-bond donors (Lipinski definition) is 2. The number of carbonyl (C=O) groups is 2. The predicted octanol–water partition coefficient (Wildman–Crippen LogP) is 3.61. The number of hydrogen-bond acceptors (Lipinski definition) is 7. The third-order valence-electron chi connectivity index (χ3n) is 7.82. The van der Waals surface area contributed by atoms with Crippen LogP contribution in [0.4, 0.5) is 10.2 Å². The van der Waals surface area contributed by atoms with E-state index < -0.39 is 6.61 Å². The van der Waals surface area contributed by atoms with Gasteiger partial charge in [0.25, 0.3) is 0 Å². The van der Waals surface area contributed by atoms with Gasteiger partial charge in [-0.25, -0.2) is 9.37 Å². The van der Waals surface area contributed by atoms with Gasteiger partial charge < -0.3 is 15.7 Å². The molecule has 10 heteroatoms. The van der Waals surface area contributed by atoms with Crippen molar-refractivity contribution in [2.75, 3.05) is 12.3 Å². The summed E-state index contributed by atoms with van der Waals surface area (Å²) in [5.41, 5.74) is 11.0. The topological polar surface area (TPSA) is 127 Å². The number of aliphatic hydroxyl groups excluding tert-OH is 1. The molecule has 38 heavy (non-hydrogen) atoms. The van der Waals surface area contributed by atoms with E-state index in [1.54, 1.807) is 24.5 Å². The molecule has 3 aromatic heterocycles. The van der Waals surface area contributed by atoms with Crippen molar-refractivity contribution in [1.29, 1.82) is 0 Å². The minimum Gasteiger partial charge on any atom is -0.387 e. The number of carbonyl (C=O) groups excluding carboxylic acids is 2. The van der Waals surface area contributed by atoms with Gasteiger partial charge in [0.2, 0.25) is 5.91 Å². The number of aromatic nitrogens is 4. The SMILES string of the molecule is CC(=O)c1c(C2CC3CC[C@H](C2)N3C(=O)CO)nc2c(-c3ccc(-c4ccc(F)cc4)nc3)cnn2c1N. The van der Waals surface area contributed by atoms with Gasteiger partial charge in [-0.15, -0.1) is 0 Å². The fourth-order valence-corrected chi connectivity index (χ4v) is 6.13. The molecule has 1 amide bonds. The summed E-state index contributed by atoms with van der Waals surface area (Å²) >= 11 is 0. The Morgan fingerprint density at radius 1 is 1.05 bits per heavy atom. The van der Waals surface area contributed by atoms with Gasteiger partial charge in [-0.3, -0.25) is 14.6 Å². The van der Waals surface area contributed by atoms with Gasteiger partial charge >= 0.3 is 0 Å². The molecule has 2 saturated heterocycles. The zero-order valence-electron chi connectivity index (χ0n) is 20.8. The Kier molecular flexibility index (Phi) is 5.91. The zero-order chi connectivity index (χ0) is 26.6. The van der Waals surface area contributed by atoms with Crippen molar-refractivity contribution in [2.24, 2.45) is 0 Å². The standard InChI is InChI=1S/C28H27FN6O3/c1-15(37)25-26(18-10-20-7-8-21(11-18)34(20)24(38)14-36)33-28-22(13-32-35(28)27(25)30)17-4-9-23(31-12-17)16-2-5-19(29)6-3-16/h2-6,9,12-13,18,20-21,36H,7-8,10-11,14,30H2,1H3/t18?,20-,21?/m1/s1. The van der Waals surface area contributed by atoms with E-state index in [2.05, 4.69) is 10.1 Å². The lowest BCUT2D eigenvalue weighted by atomic mass is 9.85. The molecule has 2 aliphatic heterocycles. The van der Waals surface area contributed by atoms with Crippen LogP contribution in [0.3, 0.4) is 0 Å². The maximum absolute atomic E-state index is 13.3. The minimum absolute atomic E-state index is 0.00467. The monoisotopic (exact) mass is 514 g/mol. The molecule has 2 fully saturated rings. The molecule has 194 valence electrons. The predicted molar refractivity (Wildman–Crippen MR) is 139 cm³/mol. The molecule has 0 aliphatic carbocycles. The Morgan fingerprint density at radius 3 is 2.34 bits per heavy atom. The highest BCUT2D eigenvalue weighted by molar-refractivity contribution is 6.00. The van der Waals surface area contributed by atoms with Crippen LogP contribution in [0, 0.1) is 5.82 Å². The molecule has 4 aromatic rings. The number of piperidine rings is 1. The van der Waals surface area contributed by atoms with Gasteiger partial charge in [0.05, 0.1) is 23.1 Å². The summed E-state index contributed by atoms with van der Waals surface area (Å²) in [5, 5.41) is 13.8. The summed E-state index contributed by atoms with van der Waals surface area (Å²) in [5.74, 6) is -0.556. The Balaban J connectivity index is 1.40. The quantitative estimate of drug-likeness (QED) is 0.390. The average Bonchev–Trinajstić information content (AvgIpc) is 3.46. The molecule has 5 heterocycles. The Hall–Kier alpha value is -4.18. The first-order valence-corrected chi connectivity index (χ1v) is 12.7. The molecule has 0 saturated carbocycles. The van der Waals surface area contributed by atoms with E-state index in [-0.39, 0.29) is 41.3 Å². The second kappa shape index (κ2) is 9.29. The number of rotatable bonds is 5. The van der Waals surface area contributed by atoms with Gasteiger partial charge in [0.15, 0.2) is 11.4 Å². The molecule has 1 aromatic carbocycles. The van der Waals surface area contributed by atoms with Crippen molar-refractivity contribution in [2.45, 2.75) is 50.6 Å². The van der Waals surface area contributed by atoms with Crippen molar-refractivity contribution in [3.8, 4) is 22.4 Å². The largest absolute Gasteiger partial charge is 0.387 e. The number of nitrogens with two attached hydrogens (primary N) is 1. The van der Waals surface area contributed by atoms with E-state index >= 15 is 0 Å². The maximum Gasteiger partial charge on any atom is 0.248 e. The molecule has 0 spiro atoms. The molecular weight excluding hydrogens is 487 g/mol. The average molecular weight is 515 g/mol. The summed E-state index contributed by atoms with van der Waals surface area (Å²) in [6, 6.07) is 9.91. The lowest BCUT2D eigenvalue weighted by Gasteiger charge is -2.39. The Bertz CT molecular complexity index is 1540. The summed E-state index contributed by atoms with van der Waals surface area (Å²) in [4.78, 5) is 36.4. The van der Waals surface area contributed by atoms with Crippen molar-refractivity contribution < 1.29 is 19.1 Å². The first kappa shape index (κ1) is 24.2. The molecule has 2 bridgehead atoms. The number of benzene rings is 1. The lowest BCUT2D eigenvalue weighted by Crippen LogP contribution is -2.47. The van der Waals surface area contributed by atoms with Crippen molar-refractivity contribution in [3.05, 3.63) is 65.9 Å². The van der Waals surface area contributed by atoms with Crippen LogP contribution < -0.4 is 5.73 Å². The Labute approximate surface area is 218 Å². The number of nitrogen functional groups attached to an aromatic ring is 1. The number of Topliss-reactive ketones (excluding diaryl/α,β-unsaturated/α-hetero) is 1. The van der Waals surface area contributed by atoms with Gasteiger partial charge in [0, 0.05) is 40.9 Å². The molecule has 2 aliphatic rings. The molecular formula is C28H27FN6O3. The van der Waals surface area contributed by atoms with Gasteiger partial charge in [-0.1, -0.05) is 6.07 Å². The molecule has 3 atom stereocenters.